The number of rotatable bonds is 1. The van der Waals surface area contributed by atoms with Crippen molar-refractivity contribution in [2.75, 3.05) is 0 Å². The van der Waals surface area contributed by atoms with E-state index in [1.807, 2.05) is 0 Å². The summed E-state index contributed by atoms with van der Waals surface area (Å²) in [5, 5.41) is 0. The molecule has 0 heterocycles. The van der Waals surface area contributed by atoms with Gasteiger partial charge in [0.25, 0.3) is 0 Å². The van der Waals surface area contributed by atoms with Crippen LogP contribution < -0.4 is 0 Å². The molecule has 0 nitrogen and oxygen atoms in total. The molecule has 2 heteroatoms. The maximum Gasteiger partial charge on any atom is 0.225 e. The van der Waals surface area contributed by atoms with E-state index in [1.54, 1.807) is 0 Å². The lowest BCUT2D eigenvalue weighted by atomic mass is 10.7. The fourth-order valence-corrected chi connectivity index (χ4v) is 0. The van der Waals surface area contributed by atoms with Crippen LogP contribution in [0.2, 0.25) is 0 Å². The van der Waals surface area contributed by atoms with Gasteiger partial charge in [-0.1, -0.05) is 6.58 Å². The van der Waals surface area contributed by atoms with Crippen LogP contribution in [0.25, 0.3) is 0 Å². The highest BCUT2D eigenvalue weighted by atomic mass is 127. The third-order valence-corrected chi connectivity index (χ3v) is 0.595. The minimum absolute atomic E-state index is 0.261. The highest BCUT2D eigenvalue weighted by Crippen LogP contribution is 2.10. The molecule has 0 amide bonds. The van der Waals surface area contributed by atoms with Gasteiger partial charge in [0.05, 0.1) is 0 Å². The predicted octanol–water partition coefficient (Wildman–Crippen LogP) is 2.07. The van der Waals surface area contributed by atoms with Crippen LogP contribution in [0.4, 0.5) is 4.39 Å². The van der Waals surface area contributed by atoms with Crippen LogP contribution in [0.5, 0.6) is 0 Å². The van der Waals surface area contributed by atoms with Crippen molar-refractivity contribution in [3.8, 4) is 0 Å². The minimum atomic E-state index is -0.261. The van der Waals surface area contributed by atoms with Gasteiger partial charge >= 0.3 is 0 Å². The lowest BCUT2D eigenvalue weighted by Crippen LogP contribution is -1.55. The number of hydrogen-bond donors (Lipinski definition) is 0. The number of hydrogen-bond acceptors (Lipinski definition) is 0. The van der Waals surface area contributed by atoms with Gasteiger partial charge in [-0.05, 0) is 28.7 Å². The molecule has 0 aromatic rings. The Morgan fingerprint density at radius 2 is 2.20 bits per heavy atom. The maximum atomic E-state index is 11.2. The Kier molecular flexibility index (Phi) is 2.84. The van der Waals surface area contributed by atoms with Gasteiger partial charge in [0.1, 0.15) is 0 Å². The van der Waals surface area contributed by atoms with Gasteiger partial charge in [0, 0.05) is 0 Å². The highest BCUT2D eigenvalue weighted by Gasteiger charge is 1.85. The van der Waals surface area contributed by atoms with E-state index in [1.165, 1.54) is 22.6 Å². The summed E-state index contributed by atoms with van der Waals surface area (Å²) in [6.07, 6.45) is 1.15. The predicted molar refractivity (Wildman–Crippen MR) is 28.6 cm³/mol. The van der Waals surface area contributed by atoms with E-state index in [2.05, 4.69) is 6.58 Å². The third-order valence-electron chi connectivity index (χ3n) is 0.154. The van der Waals surface area contributed by atoms with Gasteiger partial charge in [-0.3, -0.25) is 0 Å². The molecule has 0 saturated carbocycles. The van der Waals surface area contributed by atoms with Crippen molar-refractivity contribution in [1.29, 1.82) is 0 Å². The first kappa shape index (κ1) is 5.40. The average Bonchev–Trinajstić information content (AvgIpc) is 1.38. The van der Waals surface area contributed by atoms with Crippen LogP contribution in [-0.4, -0.2) is 0 Å². The largest absolute Gasteiger partial charge is 0.225 e. The summed E-state index contributed by atoms with van der Waals surface area (Å²) in [7, 11) is 0. The standard InChI is InChI=1S/C3H3FI/c1-2-3(4)5/h2H,1H2. The maximum absolute atomic E-state index is 11.2. The van der Waals surface area contributed by atoms with Crippen molar-refractivity contribution in [3.63, 3.8) is 0 Å². The van der Waals surface area contributed by atoms with Gasteiger partial charge in [-0.25, -0.2) is 4.39 Å². The van der Waals surface area contributed by atoms with Crippen LogP contribution >= 0.6 is 22.6 Å². The van der Waals surface area contributed by atoms with Gasteiger partial charge in [-0.15, -0.1) is 0 Å². The molecular formula is C3H3FI. The van der Waals surface area contributed by atoms with Crippen LogP contribution in [0, 0.1) is 4.18 Å². The fraction of sp³-hybridized carbons (Fsp3) is 0. The molecule has 0 spiro atoms. The van der Waals surface area contributed by atoms with Crippen molar-refractivity contribution in [2.45, 2.75) is 0 Å². The molecular weight excluding hydrogens is 182 g/mol. The van der Waals surface area contributed by atoms with Crippen LogP contribution in [0.15, 0.2) is 12.7 Å². The van der Waals surface area contributed by atoms with Crippen molar-refractivity contribution >= 4 is 22.6 Å². The van der Waals surface area contributed by atoms with Crippen LogP contribution in [0.1, 0.15) is 0 Å². The Balaban J connectivity index is 2.83. The summed E-state index contributed by atoms with van der Waals surface area (Å²) in [4.78, 5) is 0. The number of allylic oxidation sites excluding steroid dienone is 1. The molecule has 1 radical (unpaired) electrons. The molecule has 5 heavy (non-hydrogen) atoms. The average molecular weight is 185 g/mol. The topological polar surface area (TPSA) is 0 Å². The Morgan fingerprint density at radius 1 is 2.00 bits per heavy atom. The van der Waals surface area contributed by atoms with E-state index >= 15 is 0 Å². The first-order chi connectivity index (χ1) is 2.27. The Labute approximate surface area is 44.2 Å². The van der Waals surface area contributed by atoms with E-state index in [0.29, 0.717) is 0 Å². The summed E-state index contributed by atoms with van der Waals surface area (Å²) < 4.78 is 11.0. The van der Waals surface area contributed by atoms with Crippen molar-refractivity contribution in [2.24, 2.45) is 0 Å². The van der Waals surface area contributed by atoms with Gasteiger partial charge < -0.3 is 0 Å². The van der Waals surface area contributed by atoms with Crippen LogP contribution in [0.3, 0.4) is 0 Å². The van der Waals surface area contributed by atoms with Crippen molar-refractivity contribution < 1.29 is 4.39 Å². The van der Waals surface area contributed by atoms with Gasteiger partial charge in [0.2, 0.25) is 4.18 Å². The zero-order chi connectivity index (χ0) is 4.28. The lowest BCUT2D eigenvalue weighted by molar-refractivity contribution is 0.644. The summed E-state index contributed by atoms with van der Waals surface area (Å²) in [5.41, 5.74) is 0. The Morgan fingerprint density at radius 3 is 2.20 bits per heavy atom. The first-order valence-corrected chi connectivity index (χ1v) is 2.15. The molecule has 0 aromatic carbocycles. The number of halogens is 2. The van der Waals surface area contributed by atoms with Gasteiger partial charge in [-0.2, -0.15) is 0 Å². The van der Waals surface area contributed by atoms with E-state index < -0.39 is 0 Å². The smallest absolute Gasteiger partial charge is 0.223 e. The molecule has 0 rings (SSSR count). The summed E-state index contributed by atoms with van der Waals surface area (Å²) in [6.45, 7) is 3.14. The molecule has 0 aliphatic carbocycles. The second-order valence-corrected chi connectivity index (χ2v) is 1.52. The van der Waals surface area contributed by atoms with E-state index in [0.717, 1.165) is 6.08 Å². The molecule has 29 valence electrons. The molecule has 0 aromatic heterocycles. The molecule has 0 aliphatic heterocycles. The zero-order valence-corrected chi connectivity index (χ0v) is 4.70. The van der Waals surface area contributed by atoms with Crippen molar-refractivity contribution in [3.05, 3.63) is 16.8 Å². The van der Waals surface area contributed by atoms with E-state index in [4.69, 9.17) is 0 Å². The first-order valence-electron chi connectivity index (χ1n) is 1.07. The summed E-state index contributed by atoms with van der Waals surface area (Å²) >= 11 is 1.54. The molecule has 0 N–H and O–H groups in total. The van der Waals surface area contributed by atoms with Crippen LogP contribution in [-0.2, 0) is 0 Å². The second-order valence-electron chi connectivity index (χ2n) is 0.494. The lowest BCUT2D eigenvalue weighted by Gasteiger charge is -1.74. The minimum Gasteiger partial charge on any atom is -0.223 e. The quantitative estimate of drug-likeness (QED) is 0.548. The summed E-state index contributed by atoms with van der Waals surface area (Å²) in [5.74, 6) is 0. The fourth-order valence-electron chi connectivity index (χ4n) is 0. The summed E-state index contributed by atoms with van der Waals surface area (Å²) in [6, 6.07) is 0. The molecule has 0 fully saturated rings. The van der Waals surface area contributed by atoms with E-state index in [9.17, 15) is 4.39 Å². The normalized spacial score (nSPS) is 8.60. The van der Waals surface area contributed by atoms with E-state index in [-0.39, 0.29) is 4.18 Å². The molecule has 0 saturated heterocycles. The third kappa shape index (κ3) is 4.40. The molecule has 0 aliphatic rings. The molecule has 0 unspecified atom stereocenters. The monoisotopic (exact) mass is 185 g/mol. The molecule has 0 bridgehead atoms. The Bertz CT molecular complexity index is 33.9. The van der Waals surface area contributed by atoms with Crippen molar-refractivity contribution in [1.82, 2.24) is 0 Å². The second kappa shape index (κ2) is 2.63. The highest BCUT2D eigenvalue weighted by molar-refractivity contribution is 14.1. The SMILES string of the molecule is C=C[C](F)I. The zero-order valence-electron chi connectivity index (χ0n) is 2.54. The molecule has 0 atom stereocenters. The Hall–Kier alpha value is 0.400. The van der Waals surface area contributed by atoms with Gasteiger partial charge in [0.15, 0.2) is 0 Å².